The van der Waals surface area contributed by atoms with Crippen LogP contribution in [0.15, 0.2) is 84.9 Å². The zero-order chi connectivity index (χ0) is 29.3. The molecule has 5 heteroatoms. The first-order valence-corrected chi connectivity index (χ1v) is 14.7. The molecule has 1 aliphatic rings. The molecule has 1 aliphatic carbocycles. The minimum atomic E-state index is -0.725. The van der Waals surface area contributed by atoms with E-state index in [-0.39, 0.29) is 49.5 Å². The van der Waals surface area contributed by atoms with Gasteiger partial charge in [-0.1, -0.05) is 97.8 Å². The molecule has 0 aromatic heterocycles. The number of rotatable bonds is 12. The van der Waals surface area contributed by atoms with E-state index in [1.165, 1.54) is 0 Å². The van der Waals surface area contributed by atoms with Gasteiger partial charge in [-0.15, -0.1) is 0 Å². The van der Waals surface area contributed by atoms with E-state index >= 15 is 0 Å². The Hall–Kier alpha value is -3.73. The fourth-order valence-electron chi connectivity index (χ4n) is 5.78. The Kier molecular flexibility index (Phi) is 10.1. The Morgan fingerprint density at radius 3 is 1.93 bits per heavy atom. The molecule has 4 rings (SSSR count). The van der Waals surface area contributed by atoms with Crippen LogP contribution in [0.2, 0.25) is 0 Å². The first kappa shape index (κ1) is 30.2. The Labute approximate surface area is 244 Å². The fourth-order valence-corrected chi connectivity index (χ4v) is 5.78. The smallest absolute Gasteiger partial charge is 0.307 e. The molecule has 1 saturated carbocycles. The molecule has 0 saturated heterocycles. The number of benzene rings is 3. The van der Waals surface area contributed by atoms with E-state index in [9.17, 15) is 14.4 Å². The van der Waals surface area contributed by atoms with Gasteiger partial charge in [0.15, 0.2) is 0 Å². The molecule has 1 unspecified atom stereocenters. The van der Waals surface area contributed by atoms with Crippen molar-refractivity contribution in [1.82, 2.24) is 0 Å². The van der Waals surface area contributed by atoms with E-state index in [0.29, 0.717) is 19.3 Å². The van der Waals surface area contributed by atoms with E-state index in [2.05, 4.69) is 36.4 Å². The molecule has 0 N–H and O–H groups in total. The minimum absolute atomic E-state index is 0.0566. The van der Waals surface area contributed by atoms with Gasteiger partial charge >= 0.3 is 11.9 Å². The quantitative estimate of drug-likeness (QED) is 0.213. The molecule has 0 spiro atoms. The van der Waals surface area contributed by atoms with Crippen LogP contribution < -0.4 is 0 Å². The van der Waals surface area contributed by atoms with Gasteiger partial charge < -0.3 is 9.47 Å². The van der Waals surface area contributed by atoms with E-state index in [1.54, 1.807) is 0 Å². The van der Waals surface area contributed by atoms with Gasteiger partial charge in [0.05, 0.1) is 6.42 Å². The molecular weight excluding hydrogens is 512 g/mol. The van der Waals surface area contributed by atoms with Crippen LogP contribution in [0.1, 0.15) is 76.8 Å². The van der Waals surface area contributed by atoms with Gasteiger partial charge in [0.1, 0.15) is 18.0 Å². The lowest BCUT2D eigenvalue weighted by Crippen LogP contribution is -2.34. The van der Waals surface area contributed by atoms with Gasteiger partial charge in [-0.05, 0) is 68.2 Å². The second kappa shape index (κ2) is 13.8. The lowest BCUT2D eigenvalue weighted by Gasteiger charge is -2.29. The van der Waals surface area contributed by atoms with E-state index in [4.69, 9.17) is 9.47 Å². The monoisotopic (exact) mass is 554 g/mol. The van der Waals surface area contributed by atoms with Gasteiger partial charge in [-0.2, -0.15) is 0 Å². The lowest BCUT2D eigenvalue weighted by molar-refractivity contribution is -0.156. The Morgan fingerprint density at radius 2 is 1.32 bits per heavy atom. The zero-order valence-corrected chi connectivity index (χ0v) is 24.6. The first-order chi connectivity index (χ1) is 19.6. The summed E-state index contributed by atoms with van der Waals surface area (Å²) in [5.41, 5.74) is 2.92. The average molecular weight is 555 g/mol. The van der Waals surface area contributed by atoms with E-state index < -0.39 is 11.0 Å². The molecule has 5 nitrogen and oxygen atoms in total. The summed E-state index contributed by atoms with van der Waals surface area (Å²) >= 11 is 0. The van der Waals surface area contributed by atoms with Crippen LogP contribution in [-0.2, 0) is 36.9 Å². The third kappa shape index (κ3) is 9.14. The minimum Gasteiger partial charge on any atom is -0.461 e. The second-order valence-corrected chi connectivity index (χ2v) is 12.4. The van der Waals surface area contributed by atoms with Crippen molar-refractivity contribution in [3.8, 4) is 11.1 Å². The third-order valence-corrected chi connectivity index (χ3v) is 7.81. The summed E-state index contributed by atoms with van der Waals surface area (Å²) in [6.45, 7) is 5.75. The predicted octanol–water partition coefficient (Wildman–Crippen LogP) is 7.90. The van der Waals surface area contributed by atoms with Crippen molar-refractivity contribution < 1.29 is 23.9 Å². The van der Waals surface area contributed by atoms with Crippen molar-refractivity contribution in [2.45, 2.75) is 84.3 Å². The maximum absolute atomic E-state index is 13.9. The Morgan fingerprint density at radius 1 is 0.732 bits per heavy atom. The summed E-state index contributed by atoms with van der Waals surface area (Å²) in [6, 6.07) is 28.0. The summed E-state index contributed by atoms with van der Waals surface area (Å²) in [5.74, 6) is -0.817. The Bertz CT molecular complexity index is 1280. The van der Waals surface area contributed by atoms with Crippen LogP contribution in [0.25, 0.3) is 11.1 Å². The van der Waals surface area contributed by atoms with Crippen molar-refractivity contribution >= 4 is 17.7 Å². The van der Waals surface area contributed by atoms with E-state index in [1.807, 2.05) is 69.3 Å². The number of ketones is 1. The summed E-state index contributed by atoms with van der Waals surface area (Å²) in [4.78, 5) is 39.7. The van der Waals surface area contributed by atoms with Gasteiger partial charge in [0, 0.05) is 18.3 Å². The largest absolute Gasteiger partial charge is 0.461 e. The number of ether oxygens (including phenoxy) is 2. The number of carbonyl (C=O) groups excluding carboxylic acids is 3. The molecule has 0 amide bonds. The molecule has 0 aliphatic heterocycles. The van der Waals surface area contributed by atoms with Crippen LogP contribution in [-0.4, -0.2) is 23.3 Å². The summed E-state index contributed by atoms with van der Waals surface area (Å²) in [6.07, 6.45) is 4.22. The number of hydrogen-bond donors (Lipinski definition) is 0. The van der Waals surface area contributed by atoms with E-state index in [0.717, 1.165) is 35.1 Å². The molecular formula is C36H42O5. The number of carbonyl (C=O) groups is 3. The highest BCUT2D eigenvalue weighted by molar-refractivity contribution is 5.89. The van der Waals surface area contributed by atoms with Crippen molar-refractivity contribution in [3.63, 3.8) is 0 Å². The highest BCUT2D eigenvalue weighted by Gasteiger charge is 2.43. The number of hydrogen-bond acceptors (Lipinski definition) is 5. The summed E-state index contributed by atoms with van der Waals surface area (Å²) in [5, 5.41) is 0. The van der Waals surface area contributed by atoms with Gasteiger partial charge in [0.25, 0.3) is 0 Å². The molecule has 3 aromatic carbocycles. The molecule has 1 atom stereocenters. The predicted molar refractivity (Wildman–Crippen MR) is 161 cm³/mol. The standard InChI is InChI=1S/C36H42O5/c1-35(2,3)41-33(38)24-29(22-27-16-18-31(19-17-27)30-14-8-5-9-15-30)23-32(37)36(20-10-11-21-36)25-34(39)40-26-28-12-6-4-7-13-28/h4-9,12-19,29H,10-11,20-26H2,1-3H3. The second-order valence-electron chi connectivity index (χ2n) is 12.4. The normalized spacial score (nSPS) is 15.2. The van der Waals surface area contributed by atoms with Gasteiger partial charge in [-0.3, -0.25) is 14.4 Å². The highest BCUT2D eigenvalue weighted by Crippen LogP contribution is 2.44. The number of Topliss-reactive ketones (excluding diaryl/α,β-unsaturated/α-hetero) is 1. The highest BCUT2D eigenvalue weighted by atomic mass is 16.6. The van der Waals surface area contributed by atoms with Crippen molar-refractivity contribution in [2.75, 3.05) is 0 Å². The van der Waals surface area contributed by atoms with Crippen LogP contribution >= 0.6 is 0 Å². The Balaban J connectivity index is 1.46. The number of esters is 2. The van der Waals surface area contributed by atoms with Crippen LogP contribution in [0, 0.1) is 11.3 Å². The molecule has 0 bridgehead atoms. The molecule has 41 heavy (non-hydrogen) atoms. The molecule has 216 valence electrons. The molecule has 3 aromatic rings. The van der Waals surface area contributed by atoms with Gasteiger partial charge in [-0.25, -0.2) is 0 Å². The molecule has 0 radical (unpaired) electrons. The molecule has 0 heterocycles. The fraction of sp³-hybridized carbons (Fsp3) is 0.417. The van der Waals surface area contributed by atoms with Crippen molar-refractivity contribution in [1.29, 1.82) is 0 Å². The van der Waals surface area contributed by atoms with Gasteiger partial charge in [0.2, 0.25) is 0 Å². The van der Waals surface area contributed by atoms with Crippen molar-refractivity contribution in [2.24, 2.45) is 11.3 Å². The third-order valence-electron chi connectivity index (χ3n) is 7.81. The van der Waals surface area contributed by atoms with Crippen LogP contribution in [0.3, 0.4) is 0 Å². The summed E-state index contributed by atoms with van der Waals surface area (Å²) < 4.78 is 11.2. The van der Waals surface area contributed by atoms with Crippen LogP contribution in [0.4, 0.5) is 0 Å². The average Bonchev–Trinajstić information content (AvgIpc) is 3.42. The maximum atomic E-state index is 13.9. The topological polar surface area (TPSA) is 69.7 Å². The maximum Gasteiger partial charge on any atom is 0.307 e. The first-order valence-electron chi connectivity index (χ1n) is 14.7. The lowest BCUT2D eigenvalue weighted by atomic mass is 9.74. The zero-order valence-electron chi connectivity index (χ0n) is 24.6. The van der Waals surface area contributed by atoms with Crippen LogP contribution in [0.5, 0.6) is 0 Å². The molecule has 1 fully saturated rings. The van der Waals surface area contributed by atoms with Crippen molar-refractivity contribution in [3.05, 3.63) is 96.1 Å². The summed E-state index contributed by atoms with van der Waals surface area (Å²) in [7, 11) is 0. The SMILES string of the molecule is CC(C)(C)OC(=O)CC(CC(=O)C1(CC(=O)OCc2ccccc2)CCCC1)Cc1ccc(-c2ccccc2)cc1.